The molecular formula is C7H15O2Y2-3. The van der Waals surface area contributed by atoms with Gasteiger partial charge >= 0.3 is 0 Å². The van der Waals surface area contributed by atoms with Crippen molar-refractivity contribution in [2.24, 2.45) is 0 Å². The molecule has 0 aromatic carbocycles. The van der Waals surface area contributed by atoms with E-state index in [1.54, 1.807) is 13.8 Å². The summed E-state index contributed by atoms with van der Waals surface area (Å²) in [6.45, 7) is 14.9. The van der Waals surface area contributed by atoms with Gasteiger partial charge < -0.3 is 23.3 Å². The largest absolute Gasteiger partial charge is 0.532 e. The van der Waals surface area contributed by atoms with Crippen molar-refractivity contribution >= 4 is 0 Å². The standard InChI is InChI=1S/C3H7O2.C2H5.C2H3.2Y/c1-2-5-3-4;2*1-2;;/h2,4H,3H2,1H3;1H2,2H3;1H,2H2;;/q3*-1;;. The van der Waals surface area contributed by atoms with Crippen LogP contribution in [0.5, 0.6) is 0 Å². The van der Waals surface area contributed by atoms with Crippen LogP contribution in [-0.4, -0.2) is 11.9 Å². The van der Waals surface area contributed by atoms with Crippen molar-refractivity contribution in [1.82, 2.24) is 0 Å². The Morgan fingerprint density at radius 2 is 1.73 bits per heavy atom. The molecule has 2 nitrogen and oxygen atoms in total. The Morgan fingerprint density at radius 3 is 1.73 bits per heavy atom. The second kappa shape index (κ2) is 59.2. The molecule has 1 N–H and O–H groups in total. The summed E-state index contributed by atoms with van der Waals surface area (Å²) in [5.74, 6) is 0. The monoisotopic (exact) mass is 309 g/mol. The minimum atomic E-state index is -0.212. The van der Waals surface area contributed by atoms with E-state index in [4.69, 9.17) is 5.11 Å². The van der Waals surface area contributed by atoms with Crippen LogP contribution in [0.2, 0.25) is 0 Å². The first-order valence-corrected chi connectivity index (χ1v) is 2.53. The second-order valence-corrected chi connectivity index (χ2v) is 0.531. The fraction of sp³-hybridized carbons (Fsp3) is 0.429. The summed E-state index contributed by atoms with van der Waals surface area (Å²) >= 11 is 0. The number of hydrogen-bond acceptors (Lipinski definition) is 2. The molecule has 0 atom stereocenters. The molecule has 0 aromatic rings. The topological polar surface area (TPSA) is 29.5 Å². The van der Waals surface area contributed by atoms with Crippen molar-refractivity contribution in [1.29, 1.82) is 0 Å². The minimum absolute atomic E-state index is 0. The van der Waals surface area contributed by atoms with E-state index in [9.17, 15) is 0 Å². The van der Waals surface area contributed by atoms with E-state index in [0.717, 1.165) is 0 Å². The molecule has 64 valence electrons. The number of aliphatic hydroxyl groups is 1. The molecule has 0 bridgehead atoms. The van der Waals surface area contributed by atoms with Crippen LogP contribution >= 0.6 is 0 Å². The third kappa shape index (κ3) is 77.2. The van der Waals surface area contributed by atoms with Crippen LogP contribution in [0.3, 0.4) is 0 Å². The van der Waals surface area contributed by atoms with E-state index in [-0.39, 0.29) is 72.2 Å². The van der Waals surface area contributed by atoms with Crippen molar-refractivity contribution in [3.05, 3.63) is 26.7 Å². The molecule has 0 aliphatic heterocycles. The summed E-state index contributed by atoms with van der Waals surface area (Å²) < 4.78 is 4.26. The molecule has 0 rings (SSSR count). The van der Waals surface area contributed by atoms with Gasteiger partial charge in [-0.1, -0.05) is 0 Å². The van der Waals surface area contributed by atoms with E-state index in [1.807, 2.05) is 0 Å². The zero-order chi connectivity index (χ0) is 8.12. The van der Waals surface area contributed by atoms with Crippen molar-refractivity contribution in [2.75, 3.05) is 6.79 Å². The van der Waals surface area contributed by atoms with E-state index in [1.165, 1.54) is 6.61 Å². The van der Waals surface area contributed by atoms with Crippen LogP contribution in [0.15, 0.2) is 6.58 Å². The van der Waals surface area contributed by atoms with E-state index in [2.05, 4.69) is 24.8 Å². The molecule has 0 aliphatic rings. The molecule has 0 spiro atoms. The van der Waals surface area contributed by atoms with E-state index < -0.39 is 0 Å². The Hall–Kier alpha value is 1.87. The van der Waals surface area contributed by atoms with E-state index >= 15 is 0 Å². The van der Waals surface area contributed by atoms with Gasteiger partial charge in [0.05, 0.1) is 0 Å². The van der Waals surface area contributed by atoms with Gasteiger partial charge in [0.15, 0.2) is 0 Å². The summed E-state index contributed by atoms with van der Waals surface area (Å²) in [5.41, 5.74) is 0. The first-order valence-electron chi connectivity index (χ1n) is 2.53. The van der Waals surface area contributed by atoms with Crippen LogP contribution in [0.1, 0.15) is 13.8 Å². The maximum absolute atomic E-state index is 7.81. The van der Waals surface area contributed by atoms with Gasteiger partial charge in [0.2, 0.25) is 0 Å². The van der Waals surface area contributed by atoms with Gasteiger partial charge in [-0.3, -0.25) is 6.58 Å². The van der Waals surface area contributed by atoms with Crippen molar-refractivity contribution in [3.8, 4) is 0 Å². The van der Waals surface area contributed by atoms with Crippen molar-refractivity contribution < 1.29 is 75.3 Å². The smallest absolute Gasteiger partial charge is 0.113 e. The van der Waals surface area contributed by atoms with Gasteiger partial charge in [-0.05, 0) is 0 Å². The molecule has 11 heavy (non-hydrogen) atoms. The minimum Gasteiger partial charge on any atom is -0.532 e. The van der Waals surface area contributed by atoms with Crippen LogP contribution in [0.4, 0.5) is 0 Å². The SMILES string of the molecule is C[CH-]OCO.[CH-]=C.[CH2-]C.[Y].[Y]. The number of rotatable bonds is 2. The third-order valence-corrected chi connectivity index (χ3v) is 0.241. The Morgan fingerprint density at radius 1 is 1.45 bits per heavy atom. The van der Waals surface area contributed by atoms with Gasteiger partial charge in [0.25, 0.3) is 0 Å². The summed E-state index contributed by atoms with van der Waals surface area (Å²) in [6, 6.07) is 0. The molecule has 0 heterocycles. The zero-order valence-corrected chi connectivity index (χ0v) is 13.0. The molecule has 0 aliphatic carbocycles. The quantitative estimate of drug-likeness (QED) is 0.620. The molecule has 2 radical (unpaired) electrons. The summed E-state index contributed by atoms with van der Waals surface area (Å²) in [6.07, 6.45) is 0. The second-order valence-electron chi connectivity index (χ2n) is 0.531. The first-order chi connectivity index (χ1) is 4.41. The zero-order valence-electron chi connectivity index (χ0n) is 7.29. The average Bonchev–Trinajstić information content (AvgIpc) is 1.98. The molecular weight excluding hydrogens is 294 g/mol. The van der Waals surface area contributed by atoms with Crippen LogP contribution in [-0.2, 0) is 70.2 Å². The molecule has 0 amide bonds. The van der Waals surface area contributed by atoms with E-state index in [0.29, 0.717) is 0 Å². The van der Waals surface area contributed by atoms with Gasteiger partial charge in [-0.2, -0.15) is 13.8 Å². The van der Waals surface area contributed by atoms with Gasteiger partial charge in [-0.15, -0.1) is 0 Å². The number of ether oxygens (including phenoxy) is 1. The van der Waals surface area contributed by atoms with Crippen LogP contribution in [0, 0.1) is 20.1 Å². The van der Waals surface area contributed by atoms with Gasteiger partial charge in [-0.25, -0.2) is 6.61 Å². The first kappa shape index (κ1) is 29.3. The van der Waals surface area contributed by atoms with Crippen LogP contribution in [0.25, 0.3) is 0 Å². The van der Waals surface area contributed by atoms with Gasteiger partial charge in [0.1, 0.15) is 6.79 Å². The van der Waals surface area contributed by atoms with Crippen molar-refractivity contribution in [2.45, 2.75) is 13.8 Å². The summed E-state index contributed by atoms with van der Waals surface area (Å²) in [7, 11) is 0. The Bertz CT molecular complexity index is 28.4. The maximum atomic E-state index is 7.81. The average molecular weight is 309 g/mol. The molecule has 0 aromatic heterocycles. The fourth-order valence-electron chi connectivity index (χ4n) is 0.0745. The third-order valence-electron chi connectivity index (χ3n) is 0.241. The predicted octanol–water partition coefficient (Wildman–Crippen LogP) is 1.58. The van der Waals surface area contributed by atoms with Crippen molar-refractivity contribution in [3.63, 3.8) is 0 Å². The normalized spacial score (nSPS) is 4.73. The molecule has 4 heteroatoms. The molecule has 0 saturated carbocycles. The van der Waals surface area contributed by atoms with Gasteiger partial charge in [0, 0.05) is 65.4 Å². The molecule has 0 fully saturated rings. The maximum Gasteiger partial charge on any atom is 0.113 e. The molecule has 0 saturated heterocycles. The number of aliphatic hydroxyl groups excluding tert-OH is 1. The predicted molar refractivity (Wildman–Crippen MR) is 39.1 cm³/mol. The van der Waals surface area contributed by atoms with Crippen LogP contribution < -0.4 is 0 Å². The Labute approximate surface area is 121 Å². The molecule has 0 unspecified atom stereocenters. The summed E-state index contributed by atoms with van der Waals surface area (Å²) in [4.78, 5) is 0. The number of hydrogen-bond donors (Lipinski definition) is 1. The Balaban J connectivity index is -0.0000000178. The Kier molecular flexibility index (Phi) is 157. The fourth-order valence-corrected chi connectivity index (χ4v) is 0.0745. The summed E-state index contributed by atoms with van der Waals surface area (Å²) in [5, 5.41) is 7.81.